The van der Waals surface area contributed by atoms with Crippen LogP contribution in [0.2, 0.25) is 0 Å². The average molecular weight is 386 g/mol. The summed E-state index contributed by atoms with van der Waals surface area (Å²) in [5, 5.41) is 0. The minimum atomic E-state index is -0.0857. The Morgan fingerprint density at radius 3 is 2.00 bits per heavy atom. The van der Waals surface area contributed by atoms with Crippen LogP contribution in [0.5, 0.6) is 17.2 Å². The number of aryl methyl sites for hydroxylation is 1. The highest BCUT2D eigenvalue weighted by atomic mass is 16.5. The smallest absolute Gasteiger partial charge is 0.258 e. The van der Waals surface area contributed by atoms with Crippen LogP contribution in [0.4, 0.5) is 5.69 Å². The number of benzene rings is 2. The summed E-state index contributed by atoms with van der Waals surface area (Å²) in [5.41, 5.74) is 2.52. The number of amides is 1. The molecule has 0 radical (unpaired) electrons. The summed E-state index contributed by atoms with van der Waals surface area (Å²) >= 11 is 0. The van der Waals surface area contributed by atoms with E-state index in [1.54, 1.807) is 17.0 Å². The molecular formula is C23H31NO4. The molecule has 5 nitrogen and oxygen atoms in total. The molecule has 0 aliphatic carbocycles. The third-order valence-corrected chi connectivity index (χ3v) is 4.16. The highest BCUT2D eigenvalue weighted by molar-refractivity contribution is 6.06. The average Bonchev–Trinajstić information content (AvgIpc) is 2.68. The molecule has 0 saturated carbocycles. The molecule has 0 aromatic heterocycles. The zero-order valence-electron chi connectivity index (χ0n) is 17.6. The molecule has 0 aliphatic rings. The largest absolute Gasteiger partial charge is 0.490 e. The van der Waals surface area contributed by atoms with Crippen LogP contribution in [0.1, 0.15) is 50.0 Å². The van der Waals surface area contributed by atoms with E-state index >= 15 is 0 Å². The van der Waals surface area contributed by atoms with Gasteiger partial charge in [-0.25, -0.2) is 0 Å². The molecule has 0 heterocycles. The number of ether oxygens (including phenoxy) is 3. The van der Waals surface area contributed by atoms with Crippen molar-refractivity contribution < 1.29 is 19.0 Å². The van der Waals surface area contributed by atoms with E-state index in [9.17, 15) is 4.79 Å². The Labute approximate surface area is 168 Å². The third-order valence-electron chi connectivity index (χ3n) is 4.16. The Balaban J connectivity index is 2.51. The lowest BCUT2D eigenvalue weighted by atomic mass is 10.1. The van der Waals surface area contributed by atoms with E-state index in [-0.39, 0.29) is 5.91 Å². The molecule has 0 unspecified atom stereocenters. The highest BCUT2D eigenvalue weighted by Crippen LogP contribution is 2.39. The van der Waals surface area contributed by atoms with Crippen LogP contribution in [-0.4, -0.2) is 32.3 Å². The zero-order chi connectivity index (χ0) is 20.5. The number of nitrogens with zero attached hydrogens (tertiary/aromatic N) is 1. The molecule has 0 aliphatic heterocycles. The van der Waals surface area contributed by atoms with E-state index in [1.807, 2.05) is 52.0 Å². The Bertz CT molecular complexity index is 761. The van der Waals surface area contributed by atoms with Crippen molar-refractivity contribution in [2.45, 2.75) is 41.0 Å². The van der Waals surface area contributed by atoms with Crippen molar-refractivity contribution in [1.82, 2.24) is 0 Å². The first-order valence-electron chi connectivity index (χ1n) is 10.0. The van der Waals surface area contributed by atoms with Crippen molar-refractivity contribution in [2.75, 3.05) is 31.3 Å². The number of carbonyl (C=O) groups excluding carboxylic acids is 1. The molecule has 0 atom stereocenters. The Morgan fingerprint density at radius 1 is 0.893 bits per heavy atom. The molecule has 0 N–H and O–H groups in total. The second kappa shape index (κ2) is 10.6. The highest BCUT2D eigenvalue weighted by Gasteiger charge is 2.22. The lowest BCUT2D eigenvalue weighted by molar-refractivity contribution is 0.0985. The second-order valence-electron chi connectivity index (χ2n) is 6.40. The van der Waals surface area contributed by atoms with Crippen molar-refractivity contribution >= 4 is 11.6 Å². The number of rotatable bonds is 10. The third kappa shape index (κ3) is 5.18. The van der Waals surface area contributed by atoms with Gasteiger partial charge in [0.15, 0.2) is 11.5 Å². The number of carbonyl (C=O) groups is 1. The molecular weight excluding hydrogens is 354 g/mol. The zero-order valence-corrected chi connectivity index (χ0v) is 17.6. The second-order valence-corrected chi connectivity index (χ2v) is 6.40. The molecule has 28 heavy (non-hydrogen) atoms. The Kier molecular flexibility index (Phi) is 8.18. The number of hydrogen-bond acceptors (Lipinski definition) is 4. The van der Waals surface area contributed by atoms with Gasteiger partial charge >= 0.3 is 0 Å². The fraction of sp³-hybridized carbons (Fsp3) is 0.435. The fourth-order valence-electron chi connectivity index (χ4n) is 3.04. The van der Waals surface area contributed by atoms with Gasteiger partial charge in [-0.1, -0.05) is 19.1 Å². The summed E-state index contributed by atoms with van der Waals surface area (Å²) in [6.07, 6.45) is 0.855. The van der Waals surface area contributed by atoms with E-state index in [4.69, 9.17) is 14.2 Å². The first-order valence-corrected chi connectivity index (χ1v) is 10.0. The van der Waals surface area contributed by atoms with E-state index in [0.29, 0.717) is 49.2 Å². The van der Waals surface area contributed by atoms with E-state index in [0.717, 1.165) is 17.7 Å². The summed E-state index contributed by atoms with van der Waals surface area (Å²) in [5.74, 6) is 1.51. The molecule has 1 amide bonds. The summed E-state index contributed by atoms with van der Waals surface area (Å²) in [7, 11) is 0. The van der Waals surface area contributed by atoms with Crippen LogP contribution >= 0.6 is 0 Å². The van der Waals surface area contributed by atoms with Gasteiger partial charge in [0.2, 0.25) is 5.75 Å². The molecule has 0 bridgehead atoms. The summed E-state index contributed by atoms with van der Waals surface area (Å²) in [4.78, 5) is 15.2. The van der Waals surface area contributed by atoms with Gasteiger partial charge in [-0.15, -0.1) is 0 Å². The fourth-order valence-corrected chi connectivity index (χ4v) is 3.04. The quantitative estimate of drug-likeness (QED) is 0.561. The SMILES string of the molecule is CCCN(C(=O)c1cc(OCC)c(OCC)c(OCC)c1)c1cccc(C)c1. The summed E-state index contributed by atoms with van der Waals surface area (Å²) in [6, 6.07) is 11.5. The predicted octanol–water partition coefficient (Wildman–Crippen LogP) is 5.25. The van der Waals surface area contributed by atoms with Crippen LogP contribution < -0.4 is 19.1 Å². The van der Waals surface area contributed by atoms with Crippen LogP contribution in [0.3, 0.4) is 0 Å². The maximum absolute atomic E-state index is 13.4. The van der Waals surface area contributed by atoms with Gasteiger partial charge in [-0.2, -0.15) is 0 Å². The van der Waals surface area contributed by atoms with Gasteiger partial charge in [-0.05, 0) is 63.9 Å². The monoisotopic (exact) mass is 385 g/mol. The van der Waals surface area contributed by atoms with Crippen molar-refractivity contribution in [2.24, 2.45) is 0 Å². The number of anilines is 1. The lowest BCUT2D eigenvalue weighted by Gasteiger charge is -2.24. The molecule has 2 rings (SSSR count). The molecule has 2 aromatic carbocycles. The van der Waals surface area contributed by atoms with E-state index in [2.05, 4.69) is 6.92 Å². The Hall–Kier alpha value is -2.69. The topological polar surface area (TPSA) is 48.0 Å². The minimum absolute atomic E-state index is 0.0857. The summed E-state index contributed by atoms with van der Waals surface area (Å²) < 4.78 is 17.3. The van der Waals surface area contributed by atoms with Crippen molar-refractivity contribution in [3.63, 3.8) is 0 Å². The van der Waals surface area contributed by atoms with Gasteiger partial charge in [0.05, 0.1) is 19.8 Å². The van der Waals surface area contributed by atoms with Gasteiger partial charge in [0, 0.05) is 17.8 Å². The normalized spacial score (nSPS) is 10.5. The van der Waals surface area contributed by atoms with Gasteiger partial charge < -0.3 is 19.1 Å². The lowest BCUT2D eigenvalue weighted by Crippen LogP contribution is -2.31. The van der Waals surface area contributed by atoms with Crippen LogP contribution in [0.25, 0.3) is 0 Å². The van der Waals surface area contributed by atoms with Crippen LogP contribution in [0.15, 0.2) is 36.4 Å². The maximum atomic E-state index is 13.4. The molecule has 0 saturated heterocycles. The van der Waals surface area contributed by atoms with Crippen molar-refractivity contribution in [3.05, 3.63) is 47.5 Å². The molecule has 0 fully saturated rings. The van der Waals surface area contributed by atoms with Crippen molar-refractivity contribution in [3.8, 4) is 17.2 Å². The van der Waals surface area contributed by atoms with Crippen molar-refractivity contribution in [1.29, 1.82) is 0 Å². The van der Waals surface area contributed by atoms with Crippen LogP contribution in [-0.2, 0) is 0 Å². The van der Waals surface area contributed by atoms with E-state index < -0.39 is 0 Å². The molecule has 2 aromatic rings. The molecule has 5 heteroatoms. The first-order chi connectivity index (χ1) is 13.5. The maximum Gasteiger partial charge on any atom is 0.258 e. The molecule has 0 spiro atoms. The van der Waals surface area contributed by atoms with Gasteiger partial charge in [0.25, 0.3) is 5.91 Å². The standard InChI is InChI=1S/C23H31NO4/c1-6-13-24(19-12-10-11-17(5)14-19)23(25)18-15-20(26-7-2)22(28-9-4)21(16-18)27-8-3/h10-12,14-16H,6-9,13H2,1-5H3. The molecule has 152 valence electrons. The Morgan fingerprint density at radius 2 is 1.50 bits per heavy atom. The first kappa shape index (κ1) is 21.6. The van der Waals surface area contributed by atoms with Gasteiger partial charge in [0.1, 0.15) is 0 Å². The summed E-state index contributed by atoms with van der Waals surface area (Å²) in [6.45, 7) is 11.9. The van der Waals surface area contributed by atoms with E-state index in [1.165, 1.54) is 0 Å². The van der Waals surface area contributed by atoms with Crippen LogP contribution in [0, 0.1) is 6.92 Å². The predicted molar refractivity (Wildman–Crippen MR) is 113 cm³/mol. The van der Waals surface area contributed by atoms with Gasteiger partial charge in [-0.3, -0.25) is 4.79 Å². The minimum Gasteiger partial charge on any atom is -0.490 e. The number of hydrogen-bond donors (Lipinski definition) is 0.